The number of anilines is 1. The van der Waals surface area contributed by atoms with E-state index in [2.05, 4.69) is 22.5 Å². The van der Waals surface area contributed by atoms with Gasteiger partial charge >= 0.3 is 5.97 Å². The summed E-state index contributed by atoms with van der Waals surface area (Å²) < 4.78 is 0. The number of hydrogen-bond acceptors (Lipinski definition) is 6. The minimum absolute atomic E-state index is 0.0298. The van der Waals surface area contributed by atoms with E-state index in [0.29, 0.717) is 23.0 Å². The number of aliphatic carboxylic acids is 1. The number of thioether (sulfide) groups is 1. The monoisotopic (exact) mass is 433 g/mol. The Hall–Kier alpha value is -2.39. The number of carboxylic acids is 1. The third kappa shape index (κ3) is 5.80. The lowest BCUT2D eigenvalue weighted by atomic mass is 9.88. The number of nitrogens with zero attached hydrogens (tertiary/aromatic N) is 1. The Bertz CT molecular complexity index is 899. The molecule has 2 aromatic rings. The van der Waals surface area contributed by atoms with Gasteiger partial charge in [-0.25, -0.2) is 0 Å². The molecule has 2 aromatic heterocycles. The van der Waals surface area contributed by atoms with E-state index in [1.54, 1.807) is 12.4 Å². The summed E-state index contributed by atoms with van der Waals surface area (Å²) in [4.78, 5) is 41.1. The molecule has 0 spiro atoms. The van der Waals surface area contributed by atoms with Crippen LogP contribution in [0.25, 0.3) is 0 Å². The van der Waals surface area contributed by atoms with E-state index in [9.17, 15) is 14.4 Å². The lowest BCUT2D eigenvalue weighted by Gasteiger charge is -2.18. The molecule has 7 nitrogen and oxygen atoms in total. The van der Waals surface area contributed by atoms with Crippen LogP contribution in [0.3, 0.4) is 0 Å². The number of carbonyl (C=O) groups excluding carboxylic acids is 2. The molecule has 2 heterocycles. The van der Waals surface area contributed by atoms with E-state index in [1.165, 1.54) is 11.3 Å². The molecular formula is C20H23N3O4S2. The standard InChI is InChI=1S/C20H23N3O4S2/c1-12-4-5-14-15(7-12)29-20(23-16(24)10-28-11-17(25)26)18(14)19(27)22-9-13-3-2-6-21-8-13/h2-3,6,8,12H,4-5,7,9-11H2,1H3,(H,22,27)(H,23,24)(H,25,26). The van der Waals surface area contributed by atoms with Crippen LogP contribution in [0, 0.1) is 5.92 Å². The van der Waals surface area contributed by atoms with Crippen molar-refractivity contribution in [2.45, 2.75) is 32.7 Å². The van der Waals surface area contributed by atoms with Crippen LogP contribution < -0.4 is 10.6 Å². The average molecular weight is 434 g/mol. The summed E-state index contributed by atoms with van der Waals surface area (Å²) in [5.41, 5.74) is 2.46. The zero-order valence-corrected chi connectivity index (χ0v) is 17.7. The molecule has 1 unspecified atom stereocenters. The Kier molecular flexibility index (Phi) is 7.27. The summed E-state index contributed by atoms with van der Waals surface area (Å²) in [6.45, 7) is 2.54. The predicted molar refractivity (Wildman–Crippen MR) is 115 cm³/mol. The van der Waals surface area contributed by atoms with Crippen LogP contribution in [0.4, 0.5) is 5.00 Å². The van der Waals surface area contributed by atoms with Crippen molar-refractivity contribution in [3.8, 4) is 0 Å². The fraction of sp³-hybridized carbons (Fsp3) is 0.400. The summed E-state index contributed by atoms with van der Waals surface area (Å²) in [6, 6.07) is 3.70. The topological polar surface area (TPSA) is 108 Å². The molecule has 1 aliphatic carbocycles. The Morgan fingerprint density at radius 1 is 1.34 bits per heavy atom. The van der Waals surface area contributed by atoms with Gasteiger partial charge in [-0.3, -0.25) is 19.4 Å². The number of hydrogen-bond donors (Lipinski definition) is 3. The van der Waals surface area contributed by atoms with E-state index in [4.69, 9.17) is 5.11 Å². The predicted octanol–water partition coefficient (Wildman–Crippen LogP) is 2.95. The Labute approximate surface area is 177 Å². The van der Waals surface area contributed by atoms with Gasteiger partial charge in [0.1, 0.15) is 5.00 Å². The molecule has 0 fully saturated rings. The van der Waals surface area contributed by atoms with E-state index >= 15 is 0 Å². The van der Waals surface area contributed by atoms with Gasteiger partial charge in [0.2, 0.25) is 5.91 Å². The van der Waals surface area contributed by atoms with Crippen molar-refractivity contribution in [3.63, 3.8) is 0 Å². The largest absolute Gasteiger partial charge is 0.481 e. The molecule has 0 saturated carbocycles. The molecule has 0 aliphatic heterocycles. The van der Waals surface area contributed by atoms with Gasteiger partial charge in [0.25, 0.3) is 5.91 Å². The summed E-state index contributed by atoms with van der Waals surface area (Å²) in [5, 5.41) is 15.0. The highest BCUT2D eigenvalue weighted by Crippen LogP contribution is 2.39. The third-order valence-electron chi connectivity index (χ3n) is 4.63. The Morgan fingerprint density at radius 2 is 2.17 bits per heavy atom. The van der Waals surface area contributed by atoms with Gasteiger partial charge in [0.05, 0.1) is 17.1 Å². The molecule has 3 rings (SSSR count). The normalized spacial score (nSPS) is 15.4. The second-order valence-electron chi connectivity index (χ2n) is 7.03. The number of thiophene rings is 1. The molecule has 1 aliphatic rings. The molecule has 0 saturated heterocycles. The molecule has 0 aromatic carbocycles. The van der Waals surface area contributed by atoms with Gasteiger partial charge in [0, 0.05) is 23.8 Å². The van der Waals surface area contributed by atoms with Crippen LogP contribution in [0.15, 0.2) is 24.5 Å². The highest BCUT2D eigenvalue weighted by molar-refractivity contribution is 8.00. The van der Waals surface area contributed by atoms with Crippen molar-refractivity contribution >= 4 is 45.9 Å². The summed E-state index contributed by atoms with van der Waals surface area (Å²) >= 11 is 2.48. The molecule has 2 amide bonds. The number of aromatic nitrogens is 1. The van der Waals surface area contributed by atoms with Crippen molar-refractivity contribution in [2.24, 2.45) is 5.92 Å². The van der Waals surface area contributed by atoms with Gasteiger partial charge in [-0.05, 0) is 42.4 Å². The van der Waals surface area contributed by atoms with Crippen molar-refractivity contribution in [1.29, 1.82) is 0 Å². The first-order valence-corrected chi connectivity index (χ1v) is 11.3. The molecule has 9 heteroatoms. The van der Waals surface area contributed by atoms with Crippen LogP contribution in [-0.4, -0.2) is 39.4 Å². The van der Waals surface area contributed by atoms with Crippen molar-refractivity contribution < 1.29 is 19.5 Å². The maximum absolute atomic E-state index is 13.0. The number of carboxylic acid groups (broad SMARTS) is 1. The molecule has 154 valence electrons. The van der Waals surface area contributed by atoms with Gasteiger partial charge in [-0.1, -0.05) is 13.0 Å². The second-order valence-corrected chi connectivity index (χ2v) is 9.13. The summed E-state index contributed by atoms with van der Waals surface area (Å²) in [6.07, 6.45) is 6.10. The first-order chi connectivity index (χ1) is 13.9. The minimum Gasteiger partial charge on any atom is -0.481 e. The second kappa shape index (κ2) is 9.89. The molecule has 0 bridgehead atoms. The molecule has 0 radical (unpaired) electrons. The zero-order valence-electron chi connectivity index (χ0n) is 16.1. The summed E-state index contributed by atoms with van der Waals surface area (Å²) in [5.74, 6) is -1.04. The Balaban J connectivity index is 1.75. The maximum Gasteiger partial charge on any atom is 0.313 e. The average Bonchev–Trinajstić information content (AvgIpc) is 3.03. The van der Waals surface area contributed by atoms with Crippen LogP contribution in [-0.2, 0) is 29.0 Å². The molecule has 29 heavy (non-hydrogen) atoms. The highest BCUT2D eigenvalue weighted by Gasteiger charge is 2.28. The van der Waals surface area contributed by atoms with E-state index < -0.39 is 5.97 Å². The van der Waals surface area contributed by atoms with Crippen LogP contribution in [0.1, 0.15) is 39.7 Å². The fourth-order valence-corrected chi connectivity index (χ4v) is 5.20. The molecular weight excluding hydrogens is 410 g/mol. The highest BCUT2D eigenvalue weighted by atomic mass is 32.2. The van der Waals surface area contributed by atoms with Gasteiger partial charge in [0.15, 0.2) is 0 Å². The molecule has 3 N–H and O–H groups in total. The zero-order chi connectivity index (χ0) is 20.8. The minimum atomic E-state index is -0.959. The van der Waals surface area contributed by atoms with E-state index in [1.807, 2.05) is 12.1 Å². The first-order valence-electron chi connectivity index (χ1n) is 9.35. The lowest BCUT2D eigenvalue weighted by Crippen LogP contribution is -2.26. The SMILES string of the molecule is CC1CCc2c(sc(NC(=O)CSCC(=O)O)c2C(=O)NCc2cccnc2)C1. The quantitative estimate of drug-likeness (QED) is 0.591. The number of nitrogens with one attached hydrogen (secondary N) is 2. The Morgan fingerprint density at radius 3 is 2.90 bits per heavy atom. The third-order valence-corrected chi connectivity index (χ3v) is 6.71. The van der Waals surface area contributed by atoms with Gasteiger partial charge in [-0.2, -0.15) is 0 Å². The van der Waals surface area contributed by atoms with Crippen LogP contribution >= 0.6 is 23.1 Å². The molecule has 1 atom stereocenters. The van der Waals surface area contributed by atoms with Crippen LogP contribution in [0.2, 0.25) is 0 Å². The lowest BCUT2D eigenvalue weighted by molar-refractivity contribution is -0.133. The van der Waals surface area contributed by atoms with Crippen molar-refractivity contribution in [2.75, 3.05) is 16.8 Å². The number of pyridine rings is 1. The van der Waals surface area contributed by atoms with Gasteiger partial charge in [-0.15, -0.1) is 23.1 Å². The number of fused-ring (bicyclic) bond motifs is 1. The number of rotatable bonds is 8. The van der Waals surface area contributed by atoms with E-state index in [-0.39, 0.29) is 23.3 Å². The first kappa shape index (κ1) is 21.3. The fourth-order valence-electron chi connectivity index (χ4n) is 3.25. The van der Waals surface area contributed by atoms with Crippen molar-refractivity contribution in [3.05, 3.63) is 46.1 Å². The van der Waals surface area contributed by atoms with Crippen LogP contribution in [0.5, 0.6) is 0 Å². The number of carbonyl (C=O) groups is 3. The maximum atomic E-state index is 13.0. The smallest absolute Gasteiger partial charge is 0.313 e. The van der Waals surface area contributed by atoms with Gasteiger partial charge < -0.3 is 15.7 Å². The van der Waals surface area contributed by atoms with E-state index in [0.717, 1.165) is 47.0 Å². The van der Waals surface area contributed by atoms with Crippen molar-refractivity contribution in [1.82, 2.24) is 10.3 Å². The summed E-state index contributed by atoms with van der Waals surface area (Å²) in [7, 11) is 0. The number of amides is 2.